The summed E-state index contributed by atoms with van der Waals surface area (Å²) < 4.78 is 12.2. The molecule has 3 fully saturated rings. The Morgan fingerprint density at radius 2 is 1.69 bits per heavy atom. The topological polar surface area (TPSA) is 38.8 Å². The van der Waals surface area contributed by atoms with Crippen molar-refractivity contribution in [2.24, 2.45) is 0 Å². The van der Waals surface area contributed by atoms with Crippen molar-refractivity contribution in [2.75, 3.05) is 0 Å². The molecule has 0 radical (unpaired) electrons. The molecule has 1 amide bonds. The van der Waals surface area contributed by atoms with Gasteiger partial charge in [-0.2, -0.15) is 0 Å². The van der Waals surface area contributed by atoms with Crippen molar-refractivity contribution < 1.29 is 14.3 Å². The van der Waals surface area contributed by atoms with E-state index in [2.05, 4.69) is 24.3 Å². The van der Waals surface area contributed by atoms with Crippen molar-refractivity contribution in [1.29, 1.82) is 0 Å². The van der Waals surface area contributed by atoms with Crippen molar-refractivity contribution in [1.82, 2.24) is 4.90 Å². The summed E-state index contributed by atoms with van der Waals surface area (Å²) in [6.07, 6.45) is 3.28. The molecule has 0 bridgehead atoms. The first-order chi connectivity index (χ1) is 12.8. The lowest BCUT2D eigenvalue weighted by molar-refractivity contribution is -0.177. The zero-order valence-corrected chi connectivity index (χ0v) is 14.7. The minimum absolute atomic E-state index is 0.0669. The van der Waals surface area contributed by atoms with Gasteiger partial charge in [0.25, 0.3) is 5.91 Å². The van der Waals surface area contributed by atoms with E-state index < -0.39 is 5.60 Å². The summed E-state index contributed by atoms with van der Waals surface area (Å²) in [6, 6.07) is 20.6. The summed E-state index contributed by atoms with van der Waals surface area (Å²) in [5.74, 6) is 0.161. The van der Waals surface area contributed by atoms with E-state index in [4.69, 9.17) is 9.47 Å². The third-order valence-corrected chi connectivity index (χ3v) is 5.95. The van der Waals surface area contributed by atoms with Crippen LogP contribution in [-0.2, 0) is 20.9 Å². The van der Waals surface area contributed by atoms with Crippen LogP contribution in [0.5, 0.6) is 0 Å². The number of benzene rings is 2. The van der Waals surface area contributed by atoms with E-state index in [0.717, 1.165) is 18.4 Å². The second-order valence-corrected chi connectivity index (χ2v) is 7.61. The summed E-state index contributed by atoms with van der Waals surface area (Å²) in [5, 5.41) is 0. The van der Waals surface area contributed by atoms with Crippen LogP contribution in [0.25, 0.3) is 0 Å². The van der Waals surface area contributed by atoms with Gasteiger partial charge >= 0.3 is 0 Å². The Labute approximate surface area is 153 Å². The summed E-state index contributed by atoms with van der Waals surface area (Å²) in [4.78, 5) is 15.1. The quantitative estimate of drug-likeness (QED) is 0.842. The molecule has 134 valence electrons. The molecule has 2 aromatic rings. The Kier molecular flexibility index (Phi) is 3.84. The van der Waals surface area contributed by atoms with Gasteiger partial charge in [-0.1, -0.05) is 60.7 Å². The van der Waals surface area contributed by atoms with Gasteiger partial charge in [0, 0.05) is 12.8 Å². The molecule has 0 unspecified atom stereocenters. The maximum atomic E-state index is 13.1. The van der Waals surface area contributed by atoms with Gasteiger partial charge in [-0.3, -0.25) is 4.79 Å². The highest BCUT2D eigenvalue weighted by Gasteiger charge is 2.63. The van der Waals surface area contributed by atoms with Gasteiger partial charge in [0.05, 0.1) is 18.8 Å². The molecule has 2 aliphatic heterocycles. The van der Waals surface area contributed by atoms with E-state index in [-0.39, 0.29) is 24.3 Å². The predicted octanol–water partition coefficient (Wildman–Crippen LogP) is 3.82. The predicted molar refractivity (Wildman–Crippen MR) is 97.1 cm³/mol. The lowest BCUT2D eigenvalue weighted by Gasteiger charge is -2.42. The summed E-state index contributed by atoms with van der Waals surface area (Å²) in [6.45, 7) is 0.593. The van der Waals surface area contributed by atoms with Crippen LogP contribution < -0.4 is 0 Å². The summed E-state index contributed by atoms with van der Waals surface area (Å²) >= 11 is 0. The second-order valence-electron chi connectivity index (χ2n) is 7.61. The zero-order valence-electron chi connectivity index (χ0n) is 14.7. The zero-order chi connectivity index (χ0) is 17.6. The third kappa shape index (κ3) is 2.56. The van der Waals surface area contributed by atoms with Crippen LogP contribution in [0.1, 0.15) is 42.9 Å². The minimum atomic E-state index is -0.639. The van der Waals surface area contributed by atoms with Crippen molar-refractivity contribution in [3.05, 3.63) is 71.8 Å². The molecule has 2 heterocycles. The first-order valence-corrected chi connectivity index (χ1v) is 9.46. The van der Waals surface area contributed by atoms with Crippen LogP contribution in [0.2, 0.25) is 0 Å². The Bertz CT molecular complexity index is 786. The monoisotopic (exact) mass is 349 g/mol. The maximum absolute atomic E-state index is 13.1. The van der Waals surface area contributed by atoms with E-state index in [1.165, 1.54) is 5.56 Å². The fourth-order valence-corrected chi connectivity index (χ4v) is 4.57. The van der Waals surface area contributed by atoms with Crippen LogP contribution in [-0.4, -0.2) is 28.7 Å². The normalized spacial score (nSPS) is 32.7. The number of hydrogen-bond acceptors (Lipinski definition) is 3. The van der Waals surface area contributed by atoms with Crippen LogP contribution in [0, 0.1) is 0 Å². The fourth-order valence-electron chi connectivity index (χ4n) is 4.57. The molecule has 3 aliphatic rings. The van der Waals surface area contributed by atoms with E-state index in [1.807, 2.05) is 41.3 Å². The van der Waals surface area contributed by atoms with Crippen molar-refractivity contribution >= 4 is 5.91 Å². The molecule has 4 heteroatoms. The Balaban J connectivity index is 1.24. The largest absolute Gasteiger partial charge is 0.373 e. The number of carbonyl (C=O) groups is 1. The Morgan fingerprint density at radius 1 is 1.00 bits per heavy atom. The van der Waals surface area contributed by atoms with Crippen molar-refractivity contribution in [3.63, 3.8) is 0 Å². The Hall–Kier alpha value is -2.17. The molecule has 0 N–H and O–H groups in total. The molecule has 1 spiro atoms. The van der Waals surface area contributed by atoms with Gasteiger partial charge in [0.1, 0.15) is 6.23 Å². The number of fused-ring (bicyclic) bond motifs is 1. The SMILES string of the molecule is O=C1N2[C@@H](CC[C@H]2c2ccccc2)OC12CC(OCc1ccccc1)C2. The van der Waals surface area contributed by atoms with Crippen LogP contribution in [0.3, 0.4) is 0 Å². The van der Waals surface area contributed by atoms with Crippen LogP contribution in [0.15, 0.2) is 60.7 Å². The van der Waals surface area contributed by atoms with E-state index in [0.29, 0.717) is 19.4 Å². The third-order valence-electron chi connectivity index (χ3n) is 5.95. The highest BCUT2D eigenvalue weighted by atomic mass is 16.6. The average Bonchev–Trinajstić information content (AvgIpc) is 3.19. The summed E-state index contributed by atoms with van der Waals surface area (Å²) in [7, 11) is 0. The smallest absolute Gasteiger partial charge is 0.257 e. The number of ether oxygens (including phenoxy) is 2. The molecule has 4 nitrogen and oxygen atoms in total. The number of amides is 1. The van der Waals surface area contributed by atoms with Gasteiger partial charge in [-0.15, -0.1) is 0 Å². The minimum Gasteiger partial charge on any atom is -0.373 e. The van der Waals surface area contributed by atoms with E-state index in [9.17, 15) is 4.79 Å². The lowest BCUT2D eigenvalue weighted by Crippen LogP contribution is -2.54. The highest BCUT2D eigenvalue weighted by Crippen LogP contribution is 2.51. The first-order valence-electron chi connectivity index (χ1n) is 9.46. The Morgan fingerprint density at radius 3 is 2.42 bits per heavy atom. The molecule has 5 rings (SSSR count). The maximum Gasteiger partial charge on any atom is 0.257 e. The van der Waals surface area contributed by atoms with Gasteiger partial charge in [0.15, 0.2) is 5.60 Å². The van der Waals surface area contributed by atoms with E-state index >= 15 is 0 Å². The van der Waals surface area contributed by atoms with Crippen LogP contribution >= 0.6 is 0 Å². The molecule has 1 saturated carbocycles. The summed E-state index contributed by atoms with van der Waals surface area (Å²) in [5.41, 5.74) is 1.73. The highest BCUT2D eigenvalue weighted by molar-refractivity contribution is 5.89. The van der Waals surface area contributed by atoms with Crippen molar-refractivity contribution in [2.45, 2.75) is 56.3 Å². The molecule has 26 heavy (non-hydrogen) atoms. The molecular formula is C22H23NO3. The molecule has 0 aromatic heterocycles. The number of rotatable bonds is 4. The average molecular weight is 349 g/mol. The van der Waals surface area contributed by atoms with Crippen LogP contribution in [0.4, 0.5) is 0 Å². The number of hydrogen-bond donors (Lipinski definition) is 0. The molecule has 2 atom stereocenters. The van der Waals surface area contributed by atoms with Gasteiger partial charge < -0.3 is 14.4 Å². The molecule has 2 saturated heterocycles. The lowest BCUT2D eigenvalue weighted by atomic mass is 9.76. The number of nitrogens with zero attached hydrogens (tertiary/aromatic N) is 1. The number of carbonyl (C=O) groups excluding carboxylic acids is 1. The molecular weight excluding hydrogens is 326 g/mol. The standard InChI is InChI=1S/C22H23NO3/c24-21-22(13-18(14-22)25-15-16-7-3-1-4-8-16)26-20-12-11-19(23(20)21)17-9-5-2-6-10-17/h1-10,18-20H,11-15H2/t18?,19-,20+,22?/m0/s1. The van der Waals surface area contributed by atoms with Crippen molar-refractivity contribution in [3.8, 4) is 0 Å². The van der Waals surface area contributed by atoms with Gasteiger partial charge in [-0.25, -0.2) is 0 Å². The fraction of sp³-hybridized carbons (Fsp3) is 0.409. The molecule has 1 aliphatic carbocycles. The second kappa shape index (κ2) is 6.22. The van der Waals surface area contributed by atoms with Gasteiger partial charge in [0.2, 0.25) is 0 Å². The van der Waals surface area contributed by atoms with E-state index in [1.54, 1.807) is 0 Å². The molecule has 2 aromatic carbocycles. The first kappa shape index (κ1) is 16.0. The van der Waals surface area contributed by atoms with Gasteiger partial charge in [-0.05, 0) is 24.0 Å².